The highest BCUT2D eigenvalue weighted by molar-refractivity contribution is 5.51. The van der Waals surface area contributed by atoms with Crippen LogP contribution in [0.2, 0.25) is 0 Å². The fourth-order valence-corrected chi connectivity index (χ4v) is 0.306. The van der Waals surface area contributed by atoms with Gasteiger partial charge in [-0.05, 0) is 0 Å². The third kappa shape index (κ3) is 2.73. The van der Waals surface area contributed by atoms with Crippen molar-refractivity contribution in [2.45, 2.75) is 18.8 Å². The number of nitrogens with two attached hydrogens (primary N) is 1. The first-order chi connectivity index (χ1) is 4.81. The molecular formula is C5H8F4N2. The summed E-state index contributed by atoms with van der Waals surface area (Å²) in [4.78, 5) is 2.83. The van der Waals surface area contributed by atoms with E-state index in [1.807, 2.05) is 0 Å². The van der Waals surface area contributed by atoms with Crippen molar-refractivity contribution in [3.05, 3.63) is 0 Å². The van der Waals surface area contributed by atoms with Crippen molar-refractivity contribution in [3.63, 3.8) is 0 Å². The van der Waals surface area contributed by atoms with Gasteiger partial charge in [0.05, 0.1) is 6.34 Å². The zero-order valence-corrected chi connectivity index (χ0v) is 5.82. The van der Waals surface area contributed by atoms with Crippen LogP contribution < -0.4 is 5.73 Å². The smallest absolute Gasteiger partial charge is 0.328 e. The monoisotopic (exact) mass is 172 g/mol. The Kier molecular flexibility index (Phi) is 2.84. The molecule has 0 saturated carbocycles. The second-order valence-corrected chi connectivity index (χ2v) is 2.08. The van der Waals surface area contributed by atoms with Crippen LogP contribution in [0.3, 0.4) is 0 Å². The number of hydrogen-bond donors (Lipinski definition) is 1. The lowest BCUT2D eigenvalue weighted by Gasteiger charge is -2.20. The minimum Gasteiger partial charge on any atom is -0.390 e. The Morgan fingerprint density at radius 1 is 1.36 bits per heavy atom. The van der Waals surface area contributed by atoms with Gasteiger partial charge in [0.1, 0.15) is 6.54 Å². The summed E-state index contributed by atoms with van der Waals surface area (Å²) in [5.74, 6) is -8.18. The summed E-state index contributed by atoms with van der Waals surface area (Å²) in [6.07, 6.45) is 0.569. The summed E-state index contributed by atoms with van der Waals surface area (Å²) in [7, 11) is 0. The van der Waals surface area contributed by atoms with Crippen molar-refractivity contribution in [3.8, 4) is 0 Å². The summed E-state index contributed by atoms with van der Waals surface area (Å²) in [6.45, 7) is -1.15. The SMILES string of the molecule is CC(F)(F)C(F)(F)CN=CN. The van der Waals surface area contributed by atoms with Crippen LogP contribution in [-0.2, 0) is 0 Å². The van der Waals surface area contributed by atoms with Crippen LogP contribution >= 0.6 is 0 Å². The van der Waals surface area contributed by atoms with E-state index in [0.717, 1.165) is 0 Å². The van der Waals surface area contributed by atoms with Crippen LogP contribution in [0.1, 0.15) is 6.92 Å². The van der Waals surface area contributed by atoms with Crippen LogP contribution in [0.25, 0.3) is 0 Å². The Morgan fingerprint density at radius 2 is 1.82 bits per heavy atom. The van der Waals surface area contributed by atoms with E-state index in [-0.39, 0.29) is 6.92 Å². The molecule has 0 rings (SSSR count). The van der Waals surface area contributed by atoms with Gasteiger partial charge in [-0.3, -0.25) is 4.99 Å². The van der Waals surface area contributed by atoms with Crippen LogP contribution in [0.15, 0.2) is 4.99 Å². The Labute approximate surface area is 61.1 Å². The van der Waals surface area contributed by atoms with Crippen LogP contribution in [0.4, 0.5) is 17.6 Å². The molecule has 0 aliphatic heterocycles. The maximum absolute atomic E-state index is 12.2. The maximum atomic E-state index is 12.2. The zero-order valence-electron chi connectivity index (χ0n) is 5.82. The van der Waals surface area contributed by atoms with Gasteiger partial charge in [0.2, 0.25) is 0 Å². The molecular weight excluding hydrogens is 164 g/mol. The van der Waals surface area contributed by atoms with E-state index >= 15 is 0 Å². The van der Waals surface area contributed by atoms with E-state index in [0.29, 0.717) is 6.34 Å². The van der Waals surface area contributed by atoms with Gasteiger partial charge in [-0.25, -0.2) is 8.78 Å². The van der Waals surface area contributed by atoms with Gasteiger partial charge in [-0.15, -0.1) is 0 Å². The third-order valence-electron chi connectivity index (χ3n) is 1.04. The minimum absolute atomic E-state index is 0.138. The number of aliphatic imine (C=N–C) groups is 1. The Morgan fingerprint density at radius 3 is 2.09 bits per heavy atom. The molecule has 0 fully saturated rings. The fraction of sp³-hybridized carbons (Fsp3) is 0.800. The Balaban J connectivity index is 4.22. The summed E-state index contributed by atoms with van der Waals surface area (Å²) in [5.41, 5.74) is 4.61. The molecule has 0 aliphatic rings. The summed E-state index contributed by atoms with van der Waals surface area (Å²) in [5, 5.41) is 0. The first-order valence-electron chi connectivity index (χ1n) is 2.77. The van der Waals surface area contributed by atoms with Gasteiger partial charge < -0.3 is 5.73 Å². The molecule has 0 radical (unpaired) electrons. The zero-order chi connectivity index (χ0) is 9.12. The molecule has 0 amide bonds. The highest BCUT2D eigenvalue weighted by Gasteiger charge is 2.51. The van der Waals surface area contributed by atoms with Gasteiger partial charge in [0, 0.05) is 6.92 Å². The lowest BCUT2D eigenvalue weighted by molar-refractivity contribution is -0.190. The molecule has 0 aliphatic carbocycles. The third-order valence-corrected chi connectivity index (χ3v) is 1.04. The van der Waals surface area contributed by atoms with E-state index in [2.05, 4.69) is 10.7 Å². The normalized spacial score (nSPS) is 14.3. The lowest BCUT2D eigenvalue weighted by atomic mass is 10.2. The van der Waals surface area contributed by atoms with Crippen LogP contribution in [-0.4, -0.2) is 24.7 Å². The second kappa shape index (κ2) is 3.06. The molecule has 0 saturated heterocycles. The topological polar surface area (TPSA) is 38.4 Å². The predicted molar refractivity (Wildman–Crippen MR) is 33.1 cm³/mol. The molecule has 0 unspecified atom stereocenters. The molecule has 0 atom stereocenters. The van der Waals surface area contributed by atoms with E-state index < -0.39 is 18.4 Å². The summed E-state index contributed by atoms with van der Waals surface area (Å²) < 4.78 is 48.3. The number of nitrogens with zero attached hydrogens (tertiary/aromatic N) is 1. The van der Waals surface area contributed by atoms with Crippen molar-refractivity contribution in [1.82, 2.24) is 0 Å². The average molecular weight is 172 g/mol. The summed E-state index contributed by atoms with van der Waals surface area (Å²) in [6, 6.07) is 0. The number of alkyl halides is 4. The van der Waals surface area contributed by atoms with E-state index in [4.69, 9.17) is 0 Å². The molecule has 66 valence electrons. The lowest BCUT2D eigenvalue weighted by Crippen LogP contribution is -2.40. The largest absolute Gasteiger partial charge is 0.390 e. The van der Waals surface area contributed by atoms with Crippen molar-refractivity contribution < 1.29 is 17.6 Å². The summed E-state index contributed by atoms with van der Waals surface area (Å²) >= 11 is 0. The highest BCUT2D eigenvalue weighted by atomic mass is 19.3. The molecule has 0 aromatic rings. The fourth-order valence-electron chi connectivity index (χ4n) is 0.306. The molecule has 2 nitrogen and oxygen atoms in total. The Bertz CT molecular complexity index is 149. The van der Waals surface area contributed by atoms with Gasteiger partial charge in [0.15, 0.2) is 0 Å². The first-order valence-corrected chi connectivity index (χ1v) is 2.77. The molecule has 0 aromatic carbocycles. The predicted octanol–water partition coefficient (Wildman–Crippen LogP) is 1.26. The minimum atomic E-state index is -4.12. The molecule has 11 heavy (non-hydrogen) atoms. The Hall–Kier alpha value is -0.810. The van der Waals surface area contributed by atoms with Crippen molar-refractivity contribution in [2.24, 2.45) is 10.7 Å². The van der Waals surface area contributed by atoms with E-state index in [1.54, 1.807) is 0 Å². The molecule has 2 N–H and O–H groups in total. The van der Waals surface area contributed by atoms with Gasteiger partial charge in [0.25, 0.3) is 0 Å². The van der Waals surface area contributed by atoms with Crippen molar-refractivity contribution >= 4 is 6.34 Å². The van der Waals surface area contributed by atoms with Gasteiger partial charge in [-0.1, -0.05) is 0 Å². The molecule has 0 aromatic heterocycles. The quantitative estimate of drug-likeness (QED) is 0.388. The number of halogens is 4. The standard InChI is InChI=1S/C5H8F4N2/c1-4(6,7)5(8,9)2-11-3-10/h3H,2H2,1H3,(H2,10,11). The number of hydrogen-bond acceptors (Lipinski definition) is 1. The molecule has 0 bridgehead atoms. The number of rotatable bonds is 3. The van der Waals surface area contributed by atoms with E-state index in [9.17, 15) is 17.6 Å². The van der Waals surface area contributed by atoms with Crippen molar-refractivity contribution in [1.29, 1.82) is 0 Å². The van der Waals surface area contributed by atoms with Gasteiger partial charge in [-0.2, -0.15) is 8.78 Å². The first kappa shape index (κ1) is 10.2. The molecule has 6 heteroatoms. The molecule has 0 spiro atoms. The van der Waals surface area contributed by atoms with E-state index in [1.165, 1.54) is 0 Å². The molecule has 0 heterocycles. The van der Waals surface area contributed by atoms with Crippen LogP contribution in [0.5, 0.6) is 0 Å². The maximum Gasteiger partial charge on any atom is 0.328 e. The average Bonchev–Trinajstić information content (AvgIpc) is 1.81. The highest BCUT2D eigenvalue weighted by Crippen LogP contribution is 2.33. The van der Waals surface area contributed by atoms with Gasteiger partial charge >= 0.3 is 11.8 Å². The van der Waals surface area contributed by atoms with Crippen molar-refractivity contribution in [2.75, 3.05) is 6.54 Å². The second-order valence-electron chi connectivity index (χ2n) is 2.08. The van der Waals surface area contributed by atoms with Crippen LogP contribution in [0, 0.1) is 0 Å².